The molecule has 1 aromatic carbocycles. The van der Waals surface area contributed by atoms with Gasteiger partial charge in [0.1, 0.15) is 5.69 Å². The van der Waals surface area contributed by atoms with E-state index in [1.165, 1.54) is 19.2 Å². The minimum atomic E-state index is -3.82. The van der Waals surface area contributed by atoms with Crippen LogP contribution in [0.2, 0.25) is 0 Å². The zero-order valence-electron chi connectivity index (χ0n) is 10.1. The average molecular weight is 290 g/mol. The number of nitro groups is 1. The number of rotatable bonds is 7. The van der Waals surface area contributed by atoms with E-state index in [2.05, 4.69) is 10.1 Å². The first-order valence-corrected chi connectivity index (χ1v) is 6.64. The molecular weight excluding hydrogens is 276 g/mol. The molecule has 0 aliphatic carbocycles. The number of hydrazine groups is 1. The number of hydrogen-bond acceptors (Lipinski definition) is 7. The molecule has 0 aliphatic heterocycles. The van der Waals surface area contributed by atoms with Gasteiger partial charge in [0.25, 0.3) is 5.69 Å². The SMILES string of the molecule is COCCNS(=O)(=O)c1ccc(NN)c([N+](=O)[O-])c1. The highest BCUT2D eigenvalue weighted by Crippen LogP contribution is 2.26. The lowest BCUT2D eigenvalue weighted by Crippen LogP contribution is -2.27. The number of benzene rings is 1. The lowest BCUT2D eigenvalue weighted by atomic mass is 10.3. The molecule has 0 saturated carbocycles. The molecule has 0 atom stereocenters. The number of nitrogen functional groups attached to an aromatic ring is 1. The molecule has 19 heavy (non-hydrogen) atoms. The average Bonchev–Trinajstić information content (AvgIpc) is 2.38. The summed E-state index contributed by atoms with van der Waals surface area (Å²) in [5.74, 6) is 5.11. The van der Waals surface area contributed by atoms with Gasteiger partial charge in [-0.2, -0.15) is 0 Å². The molecule has 10 heteroatoms. The van der Waals surface area contributed by atoms with E-state index in [9.17, 15) is 18.5 Å². The van der Waals surface area contributed by atoms with Crippen molar-refractivity contribution in [2.24, 2.45) is 5.84 Å². The Morgan fingerprint density at radius 3 is 2.68 bits per heavy atom. The fourth-order valence-electron chi connectivity index (χ4n) is 1.31. The highest BCUT2D eigenvalue weighted by molar-refractivity contribution is 7.89. The summed E-state index contributed by atoms with van der Waals surface area (Å²) in [5.41, 5.74) is 1.74. The van der Waals surface area contributed by atoms with E-state index >= 15 is 0 Å². The summed E-state index contributed by atoms with van der Waals surface area (Å²) < 4.78 is 30.6. The van der Waals surface area contributed by atoms with Crippen LogP contribution in [0.25, 0.3) is 0 Å². The van der Waals surface area contributed by atoms with Crippen molar-refractivity contribution in [2.75, 3.05) is 25.7 Å². The van der Waals surface area contributed by atoms with Crippen LogP contribution in [0.5, 0.6) is 0 Å². The molecule has 106 valence electrons. The highest BCUT2D eigenvalue weighted by atomic mass is 32.2. The van der Waals surface area contributed by atoms with Gasteiger partial charge >= 0.3 is 0 Å². The first-order chi connectivity index (χ1) is 8.92. The van der Waals surface area contributed by atoms with Crippen molar-refractivity contribution >= 4 is 21.4 Å². The Kier molecular flexibility index (Phi) is 5.18. The van der Waals surface area contributed by atoms with E-state index in [1.54, 1.807) is 0 Å². The summed E-state index contributed by atoms with van der Waals surface area (Å²) >= 11 is 0. The van der Waals surface area contributed by atoms with Gasteiger partial charge in [-0.3, -0.25) is 16.0 Å². The first-order valence-electron chi connectivity index (χ1n) is 5.16. The molecule has 4 N–H and O–H groups in total. The largest absolute Gasteiger partial charge is 0.383 e. The van der Waals surface area contributed by atoms with Gasteiger partial charge < -0.3 is 10.2 Å². The molecule has 1 rings (SSSR count). The molecule has 0 radical (unpaired) electrons. The van der Waals surface area contributed by atoms with Gasteiger partial charge in [0.05, 0.1) is 16.4 Å². The molecule has 1 aromatic rings. The summed E-state index contributed by atoms with van der Waals surface area (Å²) in [6.45, 7) is 0.271. The third-order valence-corrected chi connectivity index (χ3v) is 3.69. The predicted molar refractivity (Wildman–Crippen MR) is 68.0 cm³/mol. The Hall–Kier alpha value is -1.75. The summed E-state index contributed by atoms with van der Waals surface area (Å²) in [6, 6.07) is 3.38. The van der Waals surface area contributed by atoms with Crippen LogP contribution in [0.1, 0.15) is 0 Å². The molecule has 9 nitrogen and oxygen atoms in total. The molecule has 0 aromatic heterocycles. The van der Waals surface area contributed by atoms with E-state index in [4.69, 9.17) is 10.6 Å². The van der Waals surface area contributed by atoms with Gasteiger partial charge in [-0.15, -0.1) is 0 Å². The Morgan fingerprint density at radius 2 is 2.16 bits per heavy atom. The number of hydrogen-bond donors (Lipinski definition) is 3. The van der Waals surface area contributed by atoms with Crippen LogP contribution >= 0.6 is 0 Å². The van der Waals surface area contributed by atoms with Crippen LogP contribution in [0.3, 0.4) is 0 Å². The van der Waals surface area contributed by atoms with Gasteiger partial charge in [-0.1, -0.05) is 0 Å². The normalized spacial score (nSPS) is 11.3. The first kappa shape index (κ1) is 15.3. The second-order valence-electron chi connectivity index (χ2n) is 3.47. The van der Waals surface area contributed by atoms with Crippen molar-refractivity contribution in [3.63, 3.8) is 0 Å². The van der Waals surface area contributed by atoms with Crippen LogP contribution in [0.4, 0.5) is 11.4 Å². The zero-order valence-corrected chi connectivity index (χ0v) is 10.9. The molecule has 0 amide bonds. The predicted octanol–water partition coefficient (Wildman–Crippen LogP) is -0.195. The molecule has 0 unspecified atom stereocenters. The van der Waals surface area contributed by atoms with Crippen LogP contribution in [0.15, 0.2) is 23.1 Å². The maximum Gasteiger partial charge on any atom is 0.294 e. The van der Waals surface area contributed by atoms with E-state index < -0.39 is 20.6 Å². The Balaban J connectivity index is 3.07. The van der Waals surface area contributed by atoms with Gasteiger partial charge in [-0.25, -0.2) is 13.1 Å². The molecule has 0 bridgehead atoms. The third kappa shape index (κ3) is 3.86. The third-order valence-electron chi connectivity index (χ3n) is 2.23. The molecule has 0 aliphatic rings. The Labute approximate surface area is 109 Å². The van der Waals surface area contributed by atoms with Crippen molar-refractivity contribution in [2.45, 2.75) is 4.90 Å². The van der Waals surface area contributed by atoms with Gasteiger partial charge in [0.2, 0.25) is 10.0 Å². The Morgan fingerprint density at radius 1 is 1.47 bits per heavy atom. The number of nitro benzene ring substituents is 1. The number of anilines is 1. The smallest absolute Gasteiger partial charge is 0.294 e. The summed E-state index contributed by atoms with van der Waals surface area (Å²) in [5, 5.41) is 10.8. The Bertz CT molecular complexity index is 560. The molecule has 0 saturated heterocycles. The summed E-state index contributed by atoms with van der Waals surface area (Å²) in [6.07, 6.45) is 0. The number of nitrogens with zero attached hydrogens (tertiary/aromatic N) is 1. The second kappa shape index (κ2) is 6.43. The highest BCUT2D eigenvalue weighted by Gasteiger charge is 2.20. The van der Waals surface area contributed by atoms with Gasteiger partial charge in [0, 0.05) is 19.7 Å². The number of methoxy groups -OCH3 is 1. The van der Waals surface area contributed by atoms with E-state index in [0.717, 1.165) is 6.07 Å². The van der Waals surface area contributed by atoms with Crippen molar-refractivity contribution in [3.8, 4) is 0 Å². The van der Waals surface area contributed by atoms with Crippen molar-refractivity contribution < 1.29 is 18.1 Å². The van der Waals surface area contributed by atoms with Gasteiger partial charge in [0.15, 0.2) is 0 Å². The van der Waals surface area contributed by atoms with Crippen LogP contribution in [-0.2, 0) is 14.8 Å². The topological polar surface area (TPSA) is 137 Å². The van der Waals surface area contributed by atoms with Crippen LogP contribution in [0, 0.1) is 10.1 Å². The van der Waals surface area contributed by atoms with Crippen molar-refractivity contribution in [3.05, 3.63) is 28.3 Å². The molecule has 0 heterocycles. The lowest BCUT2D eigenvalue weighted by molar-refractivity contribution is -0.384. The fourth-order valence-corrected chi connectivity index (χ4v) is 2.35. The monoisotopic (exact) mass is 290 g/mol. The van der Waals surface area contributed by atoms with Gasteiger partial charge in [-0.05, 0) is 12.1 Å². The molecular formula is C9H14N4O5S. The van der Waals surface area contributed by atoms with Crippen molar-refractivity contribution in [1.29, 1.82) is 0 Å². The standard InChI is InChI=1S/C9H14N4O5S/c1-18-5-4-11-19(16,17)7-2-3-8(12-10)9(6-7)13(14)15/h2-3,6,11-12H,4-5,10H2,1H3. The number of ether oxygens (including phenoxy) is 1. The second-order valence-corrected chi connectivity index (χ2v) is 5.24. The number of sulfonamides is 1. The number of nitrogens with two attached hydrogens (primary N) is 1. The van der Waals surface area contributed by atoms with E-state index in [1.807, 2.05) is 0 Å². The van der Waals surface area contributed by atoms with Crippen LogP contribution in [-0.4, -0.2) is 33.6 Å². The zero-order chi connectivity index (χ0) is 14.5. The molecule has 0 spiro atoms. The molecule has 0 fully saturated rings. The summed E-state index contributed by atoms with van der Waals surface area (Å²) in [4.78, 5) is 9.86. The van der Waals surface area contributed by atoms with Crippen molar-refractivity contribution in [1.82, 2.24) is 4.72 Å². The quantitative estimate of drug-likeness (QED) is 0.274. The van der Waals surface area contributed by atoms with E-state index in [-0.39, 0.29) is 23.7 Å². The minimum absolute atomic E-state index is 0.0286. The van der Waals surface area contributed by atoms with Crippen LogP contribution < -0.4 is 16.0 Å². The maximum atomic E-state index is 11.8. The lowest BCUT2D eigenvalue weighted by Gasteiger charge is -2.07. The minimum Gasteiger partial charge on any atom is -0.383 e. The number of nitrogens with one attached hydrogen (secondary N) is 2. The van der Waals surface area contributed by atoms with E-state index in [0.29, 0.717) is 0 Å². The summed E-state index contributed by atoms with van der Waals surface area (Å²) in [7, 11) is -2.39. The fraction of sp³-hybridized carbons (Fsp3) is 0.333. The maximum absolute atomic E-state index is 11.8.